The van der Waals surface area contributed by atoms with Crippen LogP contribution in [0.4, 0.5) is 0 Å². The van der Waals surface area contributed by atoms with Crippen molar-refractivity contribution >= 4 is 0 Å². The van der Waals surface area contributed by atoms with E-state index >= 15 is 0 Å². The Labute approximate surface area is 84.8 Å². The predicted molar refractivity (Wildman–Crippen MR) is 55.9 cm³/mol. The first-order valence-corrected chi connectivity index (χ1v) is 5.11. The minimum absolute atomic E-state index is 0.175. The van der Waals surface area contributed by atoms with Gasteiger partial charge in [0.2, 0.25) is 0 Å². The molecule has 0 saturated carbocycles. The van der Waals surface area contributed by atoms with Gasteiger partial charge in [0.15, 0.2) is 0 Å². The fourth-order valence-electron chi connectivity index (χ4n) is 1.26. The molecule has 14 heavy (non-hydrogen) atoms. The second kappa shape index (κ2) is 5.78. The van der Waals surface area contributed by atoms with E-state index in [1.54, 1.807) is 0 Å². The zero-order chi connectivity index (χ0) is 10.4. The Balaban J connectivity index is 2.10. The number of nitrogens with one attached hydrogen (secondary N) is 2. The predicted octanol–water partition coefficient (Wildman–Crippen LogP) is 0.969. The summed E-state index contributed by atoms with van der Waals surface area (Å²) in [6, 6.07) is 0. The van der Waals surface area contributed by atoms with Gasteiger partial charge in [-0.15, -0.1) is 0 Å². The number of hydrogen-bond donors (Lipinski definition) is 3. The highest BCUT2D eigenvalue weighted by Gasteiger charge is 2.00. The summed E-state index contributed by atoms with van der Waals surface area (Å²) in [7, 11) is 0. The molecule has 1 aromatic heterocycles. The van der Waals surface area contributed by atoms with Crippen LogP contribution in [0.25, 0.3) is 0 Å². The van der Waals surface area contributed by atoms with Gasteiger partial charge in [0.1, 0.15) is 5.82 Å². The van der Waals surface area contributed by atoms with Gasteiger partial charge >= 0.3 is 0 Å². The number of aliphatic hydroxyl groups is 1. The van der Waals surface area contributed by atoms with Crippen LogP contribution in [0.2, 0.25) is 0 Å². The molecule has 0 bridgehead atoms. The third-order valence-corrected chi connectivity index (χ3v) is 2.20. The van der Waals surface area contributed by atoms with Crippen LogP contribution in [0.1, 0.15) is 31.3 Å². The number of imidazole rings is 1. The summed E-state index contributed by atoms with van der Waals surface area (Å²) >= 11 is 0. The molecule has 4 nitrogen and oxygen atoms in total. The highest BCUT2D eigenvalue weighted by Crippen LogP contribution is 1.97. The first-order valence-electron chi connectivity index (χ1n) is 5.11. The number of aryl methyl sites for hydroxylation is 1. The van der Waals surface area contributed by atoms with E-state index in [4.69, 9.17) is 0 Å². The monoisotopic (exact) mass is 197 g/mol. The molecule has 1 aromatic rings. The molecule has 0 aliphatic carbocycles. The first-order chi connectivity index (χ1) is 6.72. The van der Waals surface area contributed by atoms with Crippen molar-refractivity contribution in [1.82, 2.24) is 15.3 Å². The van der Waals surface area contributed by atoms with Crippen molar-refractivity contribution in [2.45, 2.75) is 39.3 Å². The van der Waals surface area contributed by atoms with E-state index in [-0.39, 0.29) is 6.10 Å². The van der Waals surface area contributed by atoms with E-state index in [2.05, 4.69) is 15.3 Å². The molecule has 1 unspecified atom stereocenters. The molecule has 3 N–H and O–H groups in total. The average Bonchev–Trinajstić information content (AvgIpc) is 2.58. The molecule has 0 fully saturated rings. The van der Waals surface area contributed by atoms with Crippen molar-refractivity contribution < 1.29 is 5.11 Å². The Morgan fingerprint density at radius 3 is 3.00 bits per heavy atom. The summed E-state index contributed by atoms with van der Waals surface area (Å²) in [6.45, 7) is 5.55. The normalized spacial score (nSPS) is 13.1. The van der Waals surface area contributed by atoms with Gasteiger partial charge in [-0.25, -0.2) is 4.98 Å². The van der Waals surface area contributed by atoms with E-state index in [0.717, 1.165) is 37.4 Å². The Bertz CT molecular complexity index is 260. The maximum atomic E-state index is 9.30. The summed E-state index contributed by atoms with van der Waals surface area (Å²) in [5.74, 6) is 0.940. The van der Waals surface area contributed by atoms with Crippen molar-refractivity contribution in [2.24, 2.45) is 0 Å². The quantitative estimate of drug-likeness (QED) is 0.595. The fraction of sp³-hybridized carbons (Fsp3) is 0.700. The Hall–Kier alpha value is -0.870. The number of rotatable bonds is 6. The lowest BCUT2D eigenvalue weighted by Crippen LogP contribution is -2.19. The third-order valence-electron chi connectivity index (χ3n) is 2.20. The Morgan fingerprint density at radius 1 is 1.64 bits per heavy atom. The smallest absolute Gasteiger partial charge is 0.103 e. The number of H-pyrrole nitrogens is 1. The summed E-state index contributed by atoms with van der Waals surface area (Å²) in [4.78, 5) is 7.24. The van der Waals surface area contributed by atoms with Gasteiger partial charge in [0.05, 0.1) is 6.10 Å². The number of aromatic nitrogens is 2. The molecule has 0 spiro atoms. The van der Waals surface area contributed by atoms with Crippen LogP contribution in [-0.2, 0) is 6.54 Å². The van der Waals surface area contributed by atoms with Gasteiger partial charge in [0.25, 0.3) is 0 Å². The van der Waals surface area contributed by atoms with Gasteiger partial charge in [-0.3, -0.25) is 0 Å². The molecular weight excluding hydrogens is 178 g/mol. The maximum absolute atomic E-state index is 9.30. The molecule has 0 amide bonds. The van der Waals surface area contributed by atoms with Crippen molar-refractivity contribution in [3.05, 3.63) is 17.7 Å². The maximum Gasteiger partial charge on any atom is 0.103 e. The van der Waals surface area contributed by atoms with E-state index in [1.807, 2.05) is 20.0 Å². The van der Waals surface area contributed by atoms with E-state index in [9.17, 15) is 5.11 Å². The number of hydrogen-bond acceptors (Lipinski definition) is 3. The molecule has 0 aliphatic rings. The zero-order valence-electron chi connectivity index (χ0n) is 8.88. The van der Waals surface area contributed by atoms with Crippen LogP contribution in [0.3, 0.4) is 0 Å². The summed E-state index contributed by atoms with van der Waals surface area (Å²) < 4.78 is 0. The topological polar surface area (TPSA) is 60.9 Å². The van der Waals surface area contributed by atoms with E-state index in [1.165, 1.54) is 0 Å². The Morgan fingerprint density at radius 2 is 2.43 bits per heavy atom. The van der Waals surface area contributed by atoms with E-state index in [0.29, 0.717) is 0 Å². The van der Waals surface area contributed by atoms with E-state index < -0.39 is 0 Å². The first kappa shape index (κ1) is 11.2. The van der Waals surface area contributed by atoms with Crippen molar-refractivity contribution in [1.29, 1.82) is 0 Å². The highest BCUT2D eigenvalue weighted by molar-refractivity contribution is 4.99. The minimum Gasteiger partial charge on any atom is -0.393 e. The van der Waals surface area contributed by atoms with Crippen LogP contribution in [0, 0.1) is 6.92 Å². The lowest BCUT2D eigenvalue weighted by molar-refractivity contribution is 0.159. The second-order valence-corrected chi connectivity index (χ2v) is 3.52. The van der Waals surface area contributed by atoms with Crippen LogP contribution in [0.5, 0.6) is 0 Å². The number of aliphatic hydroxyl groups excluding tert-OH is 1. The van der Waals surface area contributed by atoms with Crippen molar-refractivity contribution in [3.8, 4) is 0 Å². The van der Waals surface area contributed by atoms with Crippen molar-refractivity contribution in [3.63, 3.8) is 0 Å². The summed E-state index contributed by atoms with van der Waals surface area (Å²) in [5, 5.41) is 12.5. The number of aromatic amines is 1. The highest BCUT2D eigenvalue weighted by atomic mass is 16.3. The van der Waals surface area contributed by atoms with Gasteiger partial charge in [-0.2, -0.15) is 0 Å². The fourth-order valence-corrected chi connectivity index (χ4v) is 1.26. The van der Waals surface area contributed by atoms with Crippen LogP contribution >= 0.6 is 0 Å². The van der Waals surface area contributed by atoms with Crippen LogP contribution < -0.4 is 5.32 Å². The average molecular weight is 197 g/mol. The van der Waals surface area contributed by atoms with Gasteiger partial charge in [-0.05, 0) is 26.3 Å². The van der Waals surface area contributed by atoms with Crippen LogP contribution in [0.15, 0.2) is 6.20 Å². The minimum atomic E-state index is -0.175. The van der Waals surface area contributed by atoms with Gasteiger partial charge in [0, 0.05) is 18.4 Å². The lowest BCUT2D eigenvalue weighted by Gasteiger charge is -2.07. The molecule has 80 valence electrons. The third kappa shape index (κ3) is 3.89. The molecule has 1 rings (SSSR count). The van der Waals surface area contributed by atoms with Gasteiger partial charge in [-0.1, -0.05) is 6.92 Å². The summed E-state index contributed by atoms with van der Waals surface area (Å²) in [5.41, 5.74) is 1.09. The standard InChI is InChI=1S/C10H19N3O/c1-3-10(14)4-5-11-6-9-7-12-8(2)13-9/h7,10-11,14H,3-6H2,1-2H3,(H,12,13). The molecule has 0 saturated heterocycles. The second-order valence-electron chi connectivity index (χ2n) is 3.52. The molecule has 1 heterocycles. The zero-order valence-corrected chi connectivity index (χ0v) is 8.88. The molecule has 0 radical (unpaired) electrons. The molecular formula is C10H19N3O. The molecule has 4 heteroatoms. The summed E-state index contributed by atoms with van der Waals surface area (Å²) in [6.07, 6.45) is 3.29. The Kier molecular flexibility index (Phi) is 4.62. The van der Waals surface area contributed by atoms with Gasteiger partial charge < -0.3 is 15.4 Å². The SMILES string of the molecule is CCC(O)CCNCc1cnc(C)[nH]1. The largest absolute Gasteiger partial charge is 0.393 e. The molecule has 1 atom stereocenters. The molecule has 0 aliphatic heterocycles. The lowest BCUT2D eigenvalue weighted by atomic mass is 10.2. The van der Waals surface area contributed by atoms with Crippen molar-refractivity contribution in [2.75, 3.05) is 6.54 Å². The number of nitrogens with zero attached hydrogens (tertiary/aromatic N) is 1. The molecule has 0 aromatic carbocycles. The van der Waals surface area contributed by atoms with Crippen LogP contribution in [-0.4, -0.2) is 27.7 Å².